The molecule has 0 unspecified atom stereocenters. The van der Waals surface area contributed by atoms with Crippen LogP contribution in [0.15, 0.2) is 24.3 Å². The van der Waals surface area contributed by atoms with E-state index in [4.69, 9.17) is 4.74 Å². The van der Waals surface area contributed by atoms with Gasteiger partial charge in [0.05, 0.1) is 19.3 Å². The van der Waals surface area contributed by atoms with Crippen LogP contribution in [0, 0.1) is 5.92 Å². The van der Waals surface area contributed by atoms with Crippen LogP contribution in [0.3, 0.4) is 0 Å². The smallest absolute Gasteiger partial charge is 0.330 e. The predicted octanol–water partition coefficient (Wildman–Crippen LogP) is 2.82. The zero-order valence-electron chi connectivity index (χ0n) is 12.5. The van der Waals surface area contributed by atoms with Crippen molar-refractivity contribution < 1.29 is 19.1 Å². The van der Waals surface area contributed by atoms with Crippen molar-refractivity contribution in [3.63, 3.8) is 0 Å². The van der Waals surface area contributed by atoms with Gasteiger partial charge in [0.1, 0.15) is 5.78 Å². The molecule has 0 aromatic rings. The van der Waals surface area contributed by atoms with Gasteiger partial charge in [-0.15, -0.1) is 0 Å². The Morgan fingerprint density at radius 3 is 2.90 bits per heavy atom. The van der Waals surface area contributed by atoms with E-state index in [-0.39, 0.29) is 24.0 Å². The summed E-state index contributed by atoms with van der Waals surface area (Å²) in [5.74, 6) is 0.216. The summed E-state index contributed by atoms with van der Waals surface area (Å²) in [4.78, 5) is 22.1. The molecule has 3 atom stereocenters. The molecule has 1 aliphatic rings. The van der Waals surface area contributed by atoms with Crippen molar-refractivity contribution in [2.24, 2.45) is 5.92 Å². The van der Waals surface area contributed by atoms with Crippen LogP contribution in [0.4, 0.5) is 0 Å². The number of esters is 1. The minimum Gasteiger partial charge on any atom is -0.466 e. The van der Waals surface area contributed by atoms with Gasteiger partial charge in [-0.25, -0.2) is 4.79 Å². The van der Waals surface area contributed by atoms with Gasteiger partial charge in [-0.1, -0.05) is 25.2 Å². The number of hydrogen-bond acceptors (Lipinski definition) is 4. The Morgan fingerprint density at radius 1 is 1.50 bits per heavy atom. The van der Waals surface area contributed by atoms with E-state index in [1.165, 1.54) is 13.2 Å². The van der Waals surface area contributed by atoms with Crippen molar-refractivity contribution in [1.29, 1.82) is 0 Å². The van der Waals surface area contributed by atoms with Crippen molar-refractivity contribution in [2.45, 2.75) is 51.7 Å². The van der Waals surface area contributed by atoms with Crippen molar-refractivity contribution in [2.75, 3.05) is 7.11 Å². The molecular weight excluding hydrogens is 256 g/mol. The molecule has 0 saturated carbocycles. The number of carbonyl (C=O) groups excluding carboxylic acids is 2. The van der Waals surface area contributed by atoms with E-state index in [1.54, 1.807) is 13.0 Å². The van der Waals surface area contributed by atoms with Crippen LogP contribution in [-0.2, 0) is 19.1 Å². The van der Waals surface area contributed by atoms with Gasteiger partial charge >= 0.3 is 5.97 Å². The summed E-state index contributed by atoms with van der Waals surface area (Å²) < 4.78 is 10.5. The zero-order chi connectivity index (χ0) is 15.0. The zero-order valence-corrected chi connectivity index (χ0v) is 12.5. The summed E-state index contributed by atoms with van der Waals surface area (Å²) in [7, 11) is 1.36. The third-order valence-electron chi connectivity index (χ3n) is 3.24. The Balaban J connectivity index is 2.37. The van der Waals surface area contributed by atoms with Gasteiger partial charge in [0, 0.05) is 12.5 Å². The van der Waals surface area contributed by atoms with Crippen LogP contribution < -0.4 is 0 Å². The summed E-state index contributed by atoms with van der Waals surface area (Å²) in [5.41, 5.74) is 0. The number of Topliss-reactive ketones (excluding diaryl/α,β-unsaturated/α-hetero) is 1. The van der Waals surface area contributed by atoms with Crippen LogP contribution in [-0.4, -0.2) is 31.1 Å². The summed E-state index contributed by atoms with van der Waals surface area (Å²) in [5, 5.41) is 0. The second-order valence-electron chi connectivity index (χ2n) is 5.37. The fraction of sp³-hybridized carbons (Fsp3) is 0.625. The van der Waals surface area contributed by atoms with Gasteiger partial charge in [0.25, 0.3) is 0 Å². The van der Waals surface area contributed by atoms with Gasteiger partial charge in [0.15, 0.2) is 0 Å². The molecule has 0 radical (unpaired) electrons. The molecule has 0 spiro atoms. The highest BCUT2D eigenvalue weighted by atomic mass is 16.5. The van der Waals surface area contributed by atoms with Crippen LogP contribution in [0.25, 0.3) is 0 Å². The Morgan fingerprint density at radius 2 is 2.25 bits per heavy atom. The fourth-order valence-corrected chi connectivity index (χ4v) is 2.41. The highest BCUT2D eigenvalue weighted by Gasteiger charge is 2.20. The highest BCUT2D eigenvalue weighted by molar-refractivity contribution is 5.81. The molecule has 0 aromatic heterocycles. The average molecular weight is 280 g/mol. The van der Waals surface area contributed by atoms with Crippen molar-refractivity contribution in [1.82, 2.24) is 0 Å². The quantitative estimate of drug-likeness (QED) is 0.409. The fourth-order valence-electron chi connectivity index (χ4n) is 2.41. The van der Waals surface area contributed by atoms with Crippen molar-refractivity contribution in [3.05, 3.63) is 24.3 Å². The monoisotopic (exact) mass is 280 g/mol. The standard InChI is InChI=1S/C16H24O4/c1-12(10-13(2)17)11-15-8-4-6-14(20-15)7-5-9-16(18)19-3/h4-6,9,12,14-15H,7-8,10-11H2,1-3H3/b9-5-/t12-,14-,15-/m0/s1. The topological polar surface area (TPSA) is 52.6 Å². The summed E-state index contributed by atoms with van der Waals surface area (Å²) in [6, 6.07) is 0. The van der Waals surface area contributed by atoms with Gasteiger partial charge in [-0.2, -0.15) is 0 Å². The largest absolute Gasteiger partial charge is 0.466 e. The molecule has 0 amide bonds. The summed E-state index contributed by atoms with van der Waals surface area (Å²) in [6.07, 6.45) is 10.5. The molecule has 4 nitrogen and oxygen atoms in total. The Hall–Kier alpha value is -1.42. The summed E-state index contributed by atoms with van der Waals surface area (Å²) in [6.45, 7) is 3.70. The third-order valence-corrected chi connectivity index (χ3v) is 3.24. The number of hydrogen-bond donors (Lipinski definition) is 0. The second-order valence-corrected chi connectivity index (χ2v) is 5.37. The van der Waals surface area contributed by atoms with E-state index < -0.39 is 0 Å². The Labute approximate surface area is 120 Å². The molecule has 1 heterocycles. The number of rotatable bonds is 7. The lowest BCUT2D eigenvalue weighted by Crippen LogP contribution is -2.26. The van der Waals surface area contributed by atoms with Crippen LogP contribution in [0.2, 0.25) is 0 Å². The number of ketones is 1. The van der Waals surface area contributed by atoms with E-state index in [1.807, 2.05) is 6.08 Å². The molecule has 112 valence electrons. The van der Waals surface area contributed by atoms with Gasteiger partial charge in [0.2, 0.25) is 0 Å². The molecule has 0 saturated heterocycles. The lowest BCUT2D eigenvalue weighted by molar-refractivity contribution is -0.134. The van der Waals surface area contributed by atoms with E-state index in [2.05, 4.69) is 17.7 Å². The first-order valence-corrected chi connectivity index (χ1v) is 7.07. The normalized spacial score (nSPS) is 23.8. The van der Waals surface area contributed by atoms with E-state index in [9.17, 15) is 9.59 Å². The SMILES string of the molecule is COC(=O)/C=C\C[C@@H]1C=CC[C@@H](C[C@@H](C)CC(C)=O)O1. The van der Waals surface area contributed by atoms with E-state index in [0.29, 0.717) is 18.8 Å². The average Bonchev–Trinajstić information content (AvgIpc) is 2.37. The molecule has 4 heteroatoms. The van der Waals surface area contributed by atoms with Crippen molar-refractivity contribution >= 4 is 11.8 Å². The highest BCUT2D eigenvalue weighted by Crippen LogP contribution is 2.22. The lowest BCUT2D eigenvalue weighted by Gasteiger charge is -2.27. The van der Waals surface area contributed by atoms with Crippen LogP contribution >= 0.6 is 0 Å². The minimum absolute atomic E-state index is 0.000755. The lowest BCUT2D eigenvalue weighted by atomic mass is 9.95. The number of ether oxygens (including phenoxy) is 2. The molecule has 1 aliphatic heterocycles. The first-order valence-electron chi connectivity index (χ1n) is 7.07. The maximum Gasteiger partial charge on any atom is 0.330 e. The molecule has 0 aliphatic carbocycles. The van der Waals surface area contributed by atoms with Crippen LogP contribution in [0.5, 0.6) is 0 Å². The maximum absolute atomic E-state index is 11.1. The van der Waals surface area contributed by atoms with Crippen molar-refractivity contribution in [3.8, 4) is 0 Å². The van der Waals surface area contributed by atoms with E-state index >= 15 is 0 Å². The van der Waals surface area contributed by atoms with E-state index in [0.717, 1.165) is 12.8 Å². The molecule has 0 fully saturated rings. The first-order chi connectivity index (χ1) is 9.51. The molecule has 0 N–H and O–H groups in total. The Kier molecular flexibility index (Phi) is 7.23. The maximum atomic E-state index is 11.1. The van der Waals surface area contributed by atoms with Gasteiger partial charge < -0.3 is 14.3 Å². The minimum atomic E-state index is -0.351. The molecule has 1 rings (SSSR count). The predicted molar refractivity (Wildman–Crippen MR) is 77.3 cm³/mol. The third kappa shape index (κ3) is 6.66. The second kappa shape index (κ2) is 8.69. The molecule has 0 bridgehead atoms. The summed E-state index contributed by atoms with van der Waals surface area (Å²) >= 11 is 0. The Bertz CT molecular complexity index is 384. The van der Waals surface area contributed by atoms with Crippen LogP contribution in [0.1, 0.15) is 39.5 Å². The van der Waals surface area contributed by atoms with Gasteiger partial charge in [-0.3, -0.25) is 0 Å². The van der Waals surface area contributed by atoms with Gasteiger partial charge in [-0.05, 0) is 32.1 Å². The number of methoxy groups -OCH3 is 1. The first kappa shape index (κ1) is 16.6. The number of carbonyl (C=O) groups is 2. The molecular formula is C16H24O4. The molecule has 20 heavy (non-hydrogen) atoms. The molecule has 0 aromatic carbocycles.